The van der Waals surface area contributed by atoms with Crippen LogP contribution in [0.25, 0.3) is 0 Å². The van der Waals surface area contributed by atoms with Gasteiger partial charge in [0.1, 0.15) is 5.75 Å². The van der Waals surface area contributed by atoms with Crippen molar-refractivity contribution in [1.82, 2.24) is 5.32 Å². The second-order valence-electron chi connectivity index (χ2n) is 7.71. The molecule has 2 nitrogen and oxygen atoms in total. The molecule has 0 amide bonds. The molecule has 1 saturated carbocycles. The van der Waals surface area contributed by atoms with E-state index < -0.39 is 0 Å². The quantitative estimate of drug-likeness (QED) is 0.898. The van der Waals surface area contributed by atoms with Gasteiger partial charge >= 0.3 is 0 Å². The fraction of sp³-hybridized carbons (Fsp3) is 0.667. The van der Waals surface area contributed by atoms with Crippen molar-refractivity contribution in [3.8, 4) is 5.75 Å². The minimum atomic E-state index is 0.423. The number of hydrogen-bond donors (Lipinski definition) is 1. The van der Waals surface area contributed by atoms with E-state index in [9.17, 15) is 0 Å². The molecule has 20 heavy (non-hydrogen) atoms. The lowest BCUT2D eigenvalue weighted by molar-refractivity contribution is 0.186. The highest BCUT2D eigenvalue weighted by Crippen LogP contribution is 2.68. The van der Waals surface area contributed by atoms with Crippen molar-refractivity contribution in [2.24, 2.45) is 22.7 Å². The van der Waals surface area contributed by atoms with E-state index in [-0.39, 0.29) is 0 Å². The average molecular weight is 273 g/mol. The molecule has 0 bridgehead atoms. The van der Waals surface area contributed by atoms with Crippen LogP contribution < -0.4 is 10.1 Å². The molecule has 3 rings (SSSR count). The smallest absolute Gasteiger partial charge is 0.124 e. The Labute approximate surface area is 122 Å². The van der Waals surface area contributed by atoms with Gasteiger partial charge in [-0.15, -0.1) is 0 Å². The average Bonchev–Trinajstić information content (AvgIpc) is 2.79. The molecule has 110 valence electrons. The first-order valence-corrected chi connectivity index (χ1v) is 7.81. The monoisotopic (exact) mass is 273 g/mol. The number of nitrogens with one attached hydrogen (secondary N) is 1. The lowest BCUT2D eigenvalue weighted by Gasteiger charge is -2.32. The molecule has 1 aliphatic carbocycles. The van der Waals surface area contributed by atoms with Crippen molar-refractivity contribution >= 4 is 0 Å². The molecule has 1 aliphatic heterocycles. The van der Waals surface area contributed by atoms with Crippen molar-refractivity contribution in [2.75, 3.05) is 13.2 Å². The topological polar surface area (TPSA) is 21.3 Å². The molecule has 2 atom stereocenters. The maximum absolute atomic E-state index is 5.83. The molecule has 1 aromatic rings. The lowest BCUT2D eigenvalue weighted by Crippen LogP contribution is -2.35. The van der Waals surface area contributed by atoms with Crippen LogP contribution in [0.4, 0.5) is 0 Å². The number of hydrogen-bond acceptors (Lipinski definition) is 2. The van der Waals surface area contributed by atoms with Gasteiger partial charge in [0.2, 0.25) is 0 Å². The zero-order chi connectivity index (χ0) is 14.5. The number of fused-ring (bicyclic) bond motifs is 1. The maximum Gasteiger partial charge on any atom is 0.124 e. The fourth-order valence-electron chi connectivity index (χ4n) is 3.89. The van der Waals surface area contributed by atoms with Gasteiger partial charge in [0, 0.05) is 17.5 Å². The van der Waals surface area contributed by atoms with Crippen LogP contribution in [0.3, 0.4) is 0 Å². The molecule has 0 spiro atoms. The Kier molecular flexibility index (Phi) is 3.13. The molecule has 0 radical (unpaired) electrons. The molecule has 1 fully saturated rings. The molecule has 2 unspecified atom stereocenters. The summed E-state index contributed by atoms with van der Waals surface area (Å²) in [4.78, 5) is 0. The van der Waals surface area contributed by atoms with Crippen molar-refractivity contribution in [3.63, 3.8) is 0 Å². The van der Waals surface area contributed by atoms with E-state index in [1.807, 2.05) is 0 Å². The van der Waals surface area contributed by atoms with E-state index >= 15 is 0 Å². The van der Waals surface area contributed by atoms with Crippen LogP contribution in [0.15, 0.2) is 24.3 Å². The van der Waals surface area contributed by atoms with E-state index in [1.165, 1.54) is 5.56 Å². The highest BCUT2D eigenvalue weighted by atomic mass is 16.5. The van der Waals surface area contributed by atoms with E-state index in [0.29, 0.717) is 22.8 Å². The minimum Gasteiger partial charge on any atom is -0.493 e. The van der Waals surface area contributed by atoms with Crippen LogP contribution in [-0.2, 0) is 0 Å². The van der Waals surface area contributed by atoms with Crippen LogP contribution >= 0.6 is 0 Å². The Morgan fingerprint density at radius 2 is 1.80 bits per heavy atom. The maximum atomic E-state index is 5.83. The summed E-state index contributed by atoms with van der Waals surface area (Å²) in [5.41, 5.74) is 2.23. The summed E-state index contributed by atoms with van der Waals surface area (Å²) in [6, 6.07) is 8.87. The number of para-hydroxylation sites is 1. The highest BCUT2D eigenvalue weighted by Gasteiger charge is 2.64. The van der Waals surface area contributed by atoms with Crippen LogP contribution in [-0.4, -0.2) is 13.2 Å². The van der Waals surface area contributed by atoms with Gasteiger partial charge in [0.05, 0.1) is 6.61 Å². The van der Waals surface area contributed by atoms with E-state index in [2.05, 4.69) is 64.2 Å². The first-order chi connectivity index (χ1) is 9.35. The van der Waals surface area contributed by atoms with Crippen molar-refractivity contribution in [2.45, 2.75) is 40.7 Å². The molecule has 0 saturated heterocycles. The van der Waals surface area contributed by atoms with E-state index in [4.69, 9.17) is 4.74 Å². The molecule has 1 aromatic carbocycles. The summed E-state index contributed by atoms with van der Waals surface area (Å²) in [5, 5.41) is 3.82. The minimum absolute atomic E-state index is 0.423. The lowest BCUT2D eigenvalue weighted by atomic mass is 9.92. The van der Waals surface area contributed by atoms with Gasteiger partial charge in [-0.25, -0.2) is 0 Å². The van der Waals surface area contributed by atoms with Crippen LogP contribution in [0.1, 0.15) is 46.2 Å². The van der Waals surface area contributed by atoms with Gasteiger partial charge in [0.15, 0.2) is 0 Å². The molecular weight excluding hydrogens is 246 g/mol. The number of ether oxygens (including phenoxy) is 1. The third-order valence-electron chi connectivity index (χ3n) is 6.19. The first kappa shape index (κ1) is 13.9. The van der Waals surface area contributed by atoms with Crippen molar-refractivity contribution in [1.29, 1.82) is 0 Å². The largest absolute Gasteiger partial charge is 0.493 e. The Balaban J connectivity index is 1.72. The van der Waals surface area contributed by atoms with E-state index in [1.54, 1.807) is 0 Å². The third kappa shape index (κ3) is 1.96. The standard InChI is InChI=1S/C18H27NO/c1-12-11-20-14-9-7-6-8-13(14)16(12)19-10-15-17(2,3)18(15,4)5/h6-9,12,15-16,19H,10-11H2,1-5H3. The molecule has 0 aromatic heterocycles. The second kappa shape index (κ2) is 4.49. The fourth-order valence-corrected chi connectivity index (χ4v) is 3.89. The third-order valence-corrected chi connectivity index (χ3v) is 6.19. The predicted molar refractivity (Wildman–Crippen MR) is 82.9 cm³/mol. The molecular formula is C18H27NO. The summed E-state index contributed by atoms with van der Waals surface area (Å²) < 4.78 is 5.83. The Hall–Kier alpha value is -1.02. The number of benzene rings is 1. The Morgan fingerprint density at radius 3 is 2.45 bits per heavy atom. The summed E-state index contributed by atoms with van der Waals surface area (Å²) >= 11 is 0. The summed E-state index contributed by atoms with van der Waals surface area (Å²) in [5.74, 6) is 2.34. The molecule has 2 aliphatic rings. The second-order valence-corrected chi connectivity index (χ2v) is 7.71. The summed E-state index contributed by atoms with van der Waals surface area (Å²) in [6.45, 7) is 13.7. The molecule has 2 heteroatoms. The summed E-state index contributed by atoms with van der Waals surface area (Å²) in [7, 11) is 0. The van der Waals surface area contributed by atoms with Gasteiger partial charge in [-0.1, -0.05) is 52.8 Å². The van der Waals surface area contributed by atoms with Crippen LogP contribution in [0.5, 0.6) is 5.75 Å². The Morgan fingerprint density at radius 1 is 1.15 bits per heavy atom. The molecule has 1 heterocycles. The summed E-state index contributed by atoms with van der Waals surface area (Å²) in [6.07, 6.45) is 0. The first-order valence-electron chi connectivity index (χ1n) is 7.81. The SMILES string of the molecule is CC1COc2ccccc2C1NCC1C(C)(C)C1(C)C. The van der Waals surface area contributed by atoms with Gasteiger partial charge in [-0.2, -0.15) is 0 Å². The van der Waals surface area contributed by atoms with Gasteiger partial charge in [0.25, 0.3) is 0 Å². The van der Waals surface area contributed by atoms with Crippen molar-refractivity contribution < 1.29 is 4.74 Å². The predicted octanol–water partition coefficient (Wildman–Crippen LogP) is 4.03. The highest BCUT2D eigenvalue weighted by molar-refractivity contribution is 5.38. The Bertz CT molecular complexity index is 492. The zero-order valence-electron chi connectivity index (χ0n) is 13.4. The van der Waals surface area contributed by atoms with Gasteiger partial charge in [-0.3, -0.25) is 0 Å². The van der Waals surface area contributed by atoms with Gasteiger partial charge in [-0.05, 0) is 29.4 Å². The van der Waals surface area contributed by atoms with E-state index in [0.717, 1.165) is 24.8 Å². The van der Waals surface area contributed by atoms with Gasteiger partial charge < -0.3 is 10.1 Å². The van der Waals surface area contributed by atoms with Crippen LogP contribution in [0, 0.1) is 22.7 Å². The molecule has 1 N–H and O–H groups in total. The van der Waals surface area contributed by atoms with Crippen molar-refractivity contribution in [3.05, 3.63) is 29.8 Å². The zero-order valence-corrected chi connectivity index (χ0v) is 13.4. The van der Waals surface area contributed by atoms with Crippen LogP contribution in [0.2, 0.25) is 0 Å². The number of rotatable bonds is 3. The normalized spacial score (nSPS) is 30.4.